The Balaban J connectivity index is 1.18. The minimum absolute atomic E-state index is 0.0276. The molecule has 1 aromatic heterocycles. The van der Waals surface area contributed by atoms with Gasteiger partial charge in [0.05, 0.1) is 34.8 Å². The number of benzene rings is 2. The first-order valence-electron chi connectivity index (χ1n) is 16.5. The number of nitrogens with zero attached hydrogens (tertiary/aromatic N) is 3. The fourth-order valence-corrected chi connectivity index (χ4v) is 7.88. The van der Waals surface area contributed by atoms with E-state index in [0.29, 0.717) is 11.3 Å². The fourth-order valence-electron chi connectivity index (χ4n) is 7.07. The van der Waals surface area contributed by atoms with Gasteiger partial charge < -0.3 is 30.3 Å². The smallest absolute Gasteiger partial charge is 0.255 e. The zero-order chi connectivity index (χ0) is 33.5. The van der Waals surface area contributed by atoms with Gasteiger partial charge in [-0.3, -0.25) is 14.4 Å². The van der Waals surface area contributed by atoms with Crippen LogP contribution in [0.4, 0.5) is 0 Å². The van der Waals surface area contributed by atoms with Gasteiger partial charge in [0.2, 0.25) is 11.8 Å². The van der Waals surface area contributed by atoms with Gasteiger partial charge in [0.15, 0.2) is 0 Å². The third kappa shape index (κ3) is 6.79. The van der Waals surface area contributed by atoms with Crippen molar-refractivity contribution < 1.29 is 24.2 Å². The number of hydrogen-bond donors (Lipinski definition) is 3. The lowest BCUT2D eigenvalue weighted by molar-refractivity contribution is -0.145. The molecule has 0 unspecified atom stereocenters. The van der Waals surface area contributed by atoms with Gasteiger partial charge in [0.25, 0.3) is 5.91 Å². The van der Waals surface area contributed by atoms with Crippen LogP contribution < -0.4 is 15.4 Å². The monoisotopic (exact) mass is 659 g/mol. The number of fused-ring (bicyclic) bond motifs is 1. The summed E-state index contributed by atoms with van der Waals surface area (Å²) in [4.78, 5) is 50.7. The van der Waals surface area contributed by atoms with Crippen molar-refractivity contribution >= 4 is 29.1 Å². The second kappa shape index (κ2) is 13.4. The number of β-amino-alcohol motifs (C(OH)–C–C–N with tert-alkyl or cyclic N) is 1. The topological polar surface area (TPSA) is 124 Å². The molecule has 2 saturated heterocycles. The molecule has 10 nitrogen and oxygen atoms in total. The molecule has 0 radical (unpaired) electrons. The first kappa shape index (κ1) is 33.1. The summed E-state index contributed by atoms with van der Waals surface area (Å²) in [5.74, 6) is -0.210. The summed E-state index contributed by atoms with van der Waals surface area (Å²) in [5.41, 5.74) is 5.49. The number of thiazole rings is 1. The van der Waals surface area contributed by atoms with Crippen molar-refractivity contribution in [3.63, 3.8) is 0 Å². The molecule has 2 fully saturated rings. The van der Waals surface area contributed by atoms with Crippen molar-refractivity contribution in [2.75, 3.05) is 19.6 Å². The van der Waals surface area contributed by atoms with Gasteiger partial charge in [0.1, 0.15) is 23.9 Å². The second-order valence-corrected chi connectivity index (χ2v) is 14.9. The van der Waals surface area contributed by atoms with Crippen LogP contribution in [0.5, 0.6) is 5.75 Å². The molecule has 3 aliphatic rings. The van der Waals surface area contributed by atoms with Crippen LogP contribution in [0, 0.1) is 12.3 Å². The predicted octanol–water partition coefficient (Wildman–Crippen LogP) is 4.46. The highest BCUT2D eigenvalue weighted by Crippen LogP contribution is 2.38. The maximum atomic E-state index is 14.5. The van der Waals surface area contributed by atoms with Crippen LogP contribution in [0.15, 0.2) is 48.0 Å². The van der Waals surface area contributed by atoms with Gasteiger partial charge in [0, 0.05) is 24.1 Å². The predicted molar refractivity (Wildman–Crippen MR) is 181 cm³/mol. The normalized spacial score (nSPS) is 21.4. The third-order valence-corrected chi connectivity index (χ3v) is 10.5. The van der Waals surface area contributed by atoms with Gasteiger partial charge in [-0.05, 0) is 68.5 Å². The summed E-state index contributed by atoms with van der Waals surface area (Å²) in [6, 6.07) is 11.5. The van der Waals surface area contributed by atoms with Crippen LogP contribution in [-0.4, -0.2) is 81.5 Å². The lowest BCUT2D eigenvalue weighted by Crippen LogP contribution is -2.58. The van der Waals surface area contributed by atoms with E-state index < -0.39 is 23.6 Å². The Labute approximate surface area is 280 Å². The maximum Gasteiger partial charge on any atom is 0.255 e. The zero-order valence-electron chi connectivity index (χ0n) is 27.8. The van der Waals surface area contributed by atoms with Gasteiger partial charge >= 0.3 is 0 Å². The number of aliphatic hydroxyl groups is 1. The fraction of sp³-hybridized carbons (Fsp3) is 0.500. The summed E-state index contributed by atoms with van der Waals surface area (Å²) in [5, 5.41) is 17.1. The maximum absolute atomic E-state index is 14.5. The number of rotatable bonds is 8. The number of nitrogens with one attached hydrogen (secondary N) is 2. The lowest BCUT2D eigenvalue weighted by Gasteiger charge is -2.40. The van der Waals surface area contributed by atoms with Crippen molar-refractivity contribution in [3.05, 3.63) is 70.4 Å². The van der Waals surface area contributed by atoms with Crippen molar-refractivity contribution in [2.45, 2.75) is 90.8 Å². The van der Waals surface area contributed by atoms with E-state index >= 15 is 0 Å². The van der Waals surface area contributed by atoms with E-state index in [2.05, 4.69) is 15.6 Å². The Morgan fingerprint density at radius 2 is 1.85 bits per heavy atom. The number of aryl methyl sites for hydroxylation is 1. The zero-order valence-corrected chi connectivity index (χ0v) is 28.6. The highest BCUT2D eigenvalue weighted by atomic mass is 32.1. The molecular weight excluding hydrogens is 614 g/mol. The molecule has 3 amide bonds. The van der Waals surface area contributed by atoms with Crippen LogP contribution in [-0.2, 0) is 16.1 Å². The Morgan fingerprint density at radius 3 is 2.51 bits per heavy atom. The molecule has 11 heteroatoms. The van der Waals surface area contributed by atoms with Crippen LogP contribution >= 0.6 is 11.3 Å². The van der Waals surface area contributed by atoms with Crippen LogP contribution in [0.3, 0.4) is 0 Å². The number of hydrogen-bond acceptors (Lipinski definition) is 8. The molecule has 250 valence electrons. The first-order chi connectivity index (χ1) is 22.4. The second-order valence-electron chi connectivity index (χ2n) is 14.1. The first-order valence-corrected chi connectivity index (χ1v) is 17.4. The molecule has 0 aliphatic carbocycles. The summed E-state index contributed by atoms with van der Waals surface area (Å²) >= 11 is 1.59. The number of likely N-dealkylation sites (tertiary alicyclic amines) is 1. The average Bonchev–Trinajstić information content (AvgIpc) is 3.74. The minimum Gasteiger partial charge on any atom is -0.490 e. The molecule has 0 bridgehead atoms. The van der Waals surface area contributed by atoms with Gasteiger partial charge in [-0.1, -0.05) is 51.1 Å². The number of aromatic nitrogens is 1. The van der Waals surface area contributed by atoms with Crippen molar-refractivity contribution in [2.24, 2.45) is 5.41 Å². The molecule has 6 rings (SSSR count). The third-order valence-electron chi connectivity index (χ3n) is 9.54. The molecule has 4 atom stereocenters. The van der Waals surface area contributed by atoms with Gasteiger partial charge in [-0.15, -0.1) is 11.3 Å². The molecule has 47 heavy (non-hydrogen) atoms. The van der Waals surface area contributed by atoms with E-state index in [9.17, 15) is 19.5 Å². The SMILES string of the molecule is Cc1ncsc1-c1ccc([C@H](C)NC(=O)[C@@H]2C[C@@H](O)CN2C(=O)[C@@H](N2Cc3c(OC4CCNCC4)cccc3C2=O)C(C)(C)C)cc1. The summed E-state index contributed by atoms with van der Waals surface area (Å²) in [6.07, 6.45) is 1.14. The van der Waals surface area contributed by atoms with E-state index in [0.717, 1.165) is 53.2 Å². The number of amides is 3. The van der Waals surface area contributed by atoms with Gasteiger partial charge in [-0.25, -0.2) is 4.98 Å². The van der Waals surface area contributed by atoms with Crippen LogP contribution in [0.1, 0.15) is 80.2 Å². The molecule has 0 spiro atoms. The molecule has 3 aromatic rings. The summed E-state index contributed by atoms with van der Waals surface area (Å²) in [6.45, 7) is 11.7. The van der Waals surface area contributed by atoms with E-state index in [4.69, 9.17) is 4.74 Å². The molecule has 0 saturated carbocycles. The summed E-state index contributed by atoms with van der Waals surface area (Å²) in [7, 11) is 0. The van der Waals surface area contributed by atoms with Gasteiger partial charge in [-0.2, -0.15) is 0 Å². The lowest BCUT2D eigenvalue weighted by atomic mass is 9.84. The van der Waals surface area contributed by atoms with Crippen molar-refractivity contribution in [1.82, 2.24) is 25.4 Å². The average molecular weight is 660 g/mol. The standard InChI is InChI=1S/C36H45N5O5S/c1-21(23-9-11-24(12-10-23)31-22(2)38-20-47-31)39-33(43)29-17-25(42)18-40(29)35(45)32(36(3,4)5)41-19-28-27(34(41)44)7-6-8-30(28)46-26-13-15-37-16-14-26/h6-12,20-21,25-26,29,32,37,42H,13-19H2,1-5H3,(H,39,43)/t21-,25+,29-,32+/m0/s1. The number of aliphatic hydroxyl groups excluding tert-OH is 1. The Morgan fingerprint density at radius 1 is 1.13 bits per heavy atom. The number of carbonyl (C=O) groups is 3. The Hall–Kier alpha value is -3.80. The largest absolute Gasteiger partial charge is 0.490 e. The molecule has 3 N–H and O–H groups in total. The molecule has 4 heterocycles. The van der Waals surface area contributed by atoms with E-state index in [1.165, 1.54) is 4.90 Å². The summed E-state index contributed by atoms with van der Waals surface area (Å²) < 4.78 is 6.38. The highest BCUT2D eigenvalue weighted by Gasteiger charge is 2.49. The molecular formula is C36H45N5O5S. The van der Waals surface area contributed by atoms with Crippen LogP contribution in [0.2, 0.25) is 0 Å². The van der Waals surface area contributed by atoms with Crippen LogP contribution in [0.25, 0.3) is 10.4 Å². The number of carbonyl (C=O) groups excluding carboxylic acids is 3. The Bertz CT molecular complexity index is 1630. The van der Waals surface area contributed by atoms with E-state index in [1.807, 2.05) is 76.5 Å². The quantitative estimate of drug-likeness (QED) is 0.326. The molecule has 2 aromatic carbocycles. The van der Waals surface area contributed by atoms with Crippen molar-refractivity contribution in [3.8, 4) is 16.2 Å². The molecule has 3 aliphatic heterocycles. The minimum atomic E-state index is -0.859. The number of ether oxygens (including phenoxy) is 1. The van der Waals surface area contributed by atoms with Crippen molar-refractivity contribution in [1.29, 1.82) is 0 Å². The number of piperidine rings is 1. The van der Waals surface area contributed by atoms with E-state index in [-0.39, 0.29) is 49.4 Å². The van der Waals surface area contributed by atoms with E-state index in [1.54, 1.807) is 22.3 Å². The highest BCUT2D eigenvalue weighted by molar-refractivity contribution is 7.13. The Kier molecular flexibility index (Phi) is 9.42.